The Morgan fingerprint density at radius 3 is 2.33 bits per heavy atom. The summed E-state index contributed by atoms with van der Waals surface area (Å²) in [6, 6.07) is 23.9. The third-order valence-electron chi connectivity index (χ3n) is 5.56. The van der Waals surface area contributed by atoms with Crippen LogP contribution in [-0.2, 0) is 6.54 Å². The highest BCUT2D eigenvalue weighted by atomic mass is 35.5. The molecule has 8 heteroatoms. The van der Waals surface area contributed by atoms with Gasteiger partial charge in [0.1, 0.15) is 24.7 Å². The van der Waals surface area contributed by atoms with Crippen LogP contribution in [0.15, 0.2) is 97.6 Å². The third-order valence-corrected chi connectivity index (χ3v) is 5.81. The summed E-state index contributed by atoms with van der Waals surface area (Å²) in [5, 5.41) is 0.664. The van der Waals surface area contributed by atoms with Gasteiger partial charge in [0.2, 0.25) is 0 Å². The molecule has 3 aromatic carbocycles. The van der Waals surface area contributed by atoms with E-state index in [2.05, 4.69) is 15.0 Å². The molecule has 0 spiro atoms. The summed E-state index contributed by atoms with van der Waals surface area (Å²) in [5.41, 5.74) is 3.86. The molecule has 5 aromatic rings. The highest BCUT2D eigenvalue weighted by molar-refractivity contribution is 6.30. The number of nitrogens with zero attached hydrogens (tertiary/aromatic N) is 3. The first-order valence-corrected chi connectivity index (χ1v) is 11.8. The van der Waals surface area contributed by atoms with Gasteiger partial charge in [-0.1, -0.05) is 17.7 Å². The Kier molecular flexibility index (Phi) is 7.10. The lowest BCUT2D eigenvalue weighted by Gasteiger charge is -2.23. The number of pyridine rings is 1. The zero-order valence-electron chi connectivity index (χ0n) is 19.3. The van der Waals surface area contributed by atoms with Crippen molar-refractivity contribution in [3.8, 4) is 11.5 Å². The van der Waals surface area contributed by atoms with E-state index in [0.717, 1.165) is 28.0 Å². The highest BCUT2D eigenvalue weighted by Crippen LogP contribution is 2.24. The summed E-state index contributed by atoms with van der Waals surface area (Å²) in [6.07, 6.45) is 5.09. The predicted molar refractivity (Wildman–Crippen MR) is 140 cm³/mol. The molecule has 0 aliphatic heterocycles. The Morgan fingerprint density at radius 1 is 0.917 bits per heavy atom. The molecule has 2 aromatic heterocycles. The fourth-order valence-electron chi connectivity index (χ4n) is 3.75. The van der Waals surface area contributed by atoms with Gasteiger partial charge < -0.3 is 19.4 Å². The Bertz CT molecular complexity index is 1440. The van der Waals surface area contributed by atoms with E-state index in [1.165, 1.54) is 0 Å². The number of halogens is 1. The minimum Gasteiger partial charge on any atom is -0.490 e. The van der Waals surface area contributed by atoms with Crippen molar-refractivity contribution in [1.82, 2.24) is 15.0 Å². The van der Waals surface area contributed by atoms with Crippen molar-refractivity contribution in [2.24, 2.45) is 0 Å². The molecule has 1 amide bonds. The number of H-pyrrole nitrogens is 1. The SMILES string of the molecule is O=C(c1ccc2nc[nH]c2c1)N(Cc1cccnc1)c1ccc(OCCOc2ccc(Cl)cc2)cc1. The average molecular weight is 499 g/mol. The molecule has 0 atom stereocenters. The predicted octanol–water partition coefficient (Wildman–Crippen LogP) is 5.92. The maximum Gasteiger partial charge on any atom is 0.258 e. The number of amides is 1. The number of hydrogen-bond donors (Lipinski definition) is 1. The van der Waals surface area contributed by atoms with Gasteiger partial charge >= 0.3 is 0 Å². The summed E-state index contributed by atoms with van der Waals surface area (Å²) in [6.45, 7) is 1.15. The van der Waals surface area contributed by atoms with E-state index in [-0.39, 0.29) is 5.91 Å². The number of benzene rings is 3. The van der Waals surface area contributed by atoms with Crippen LogP contribution in [0.1, 0.15) is 15.9 Å². The molecule has 0 saturated carbocycles. The van der Waals surface area contributed by atoms with Crippen molar-refractivity contribution < 1.29 is 14.3 Å². The fraction of sp³-hybridized carbons (Fsp3) is 0.107. The van der Waals surface area contributed by atoms with Crippen LogP contribution in [0, 0.1) is 0 Å². The monoisotopic (exact) mass is 498 g/mol. The summed E-state index contributed by atoms with van der Waals surface area (Å²) in [4.78, 5) is 26.8. The van der Waals surface area contributed by atoms with Crippen LogP contribution < -0.4 is 14.4 Å². The highest BCUT2D eigenvalue weighted by Gasteiger charge is 2.19. The van der Waals surface area contributed by atoms with Gasteiger partial charge in [0.15, 0.2) is 0 Å². The number of nitrogens with one attached hydrogen (secondary N) is 1. The lowest BCUT2D eigenvalue weighted by molar-refractivity contribution is 0.0985. The first-order chi connectivity index (χ1) is 17.7. The van der Waals surface area contributed by atoms with Gasteiger partial charge in [-0.05, 0) is 78.4 Å². The molecule has 0 aliphatic rings. The van der Waals surface area contributed by atoms with Crippen molar-refractivity contribution in [2.45, 2.75) is 6.54 Å². The van der Waals surface area contributed by atoms with Crippen LogP contribution in [0.2, 0.25) is 5.02 Å². The second kappa shape index (κ2) is 10.9. The number of carbonyl (C=O) groups is 1. The second-order valence-corrected chi connectivity index (χ2v) is 8.47. The van der Waals surface area contributed by atoms with Gasteiger partial charge in [0.25, 0.3) is 5.91 Å². The van der Waals surface area contributed by atoms with Gasteiger partial charge in [-0.15, -0.1) is 0 Å². The molecule has 0 aliphatic carbocycles. The van der Waals surface area contributed by atoms with Crippen LogP contribution in [0.5, 0.6) is 11.5 Å². The van der Waals surface area contributed by atoms with Gasteiger partial charge in [0.05, 0.1) is 23.9 Å². The molecule has 7 nitrogen and oxygen atoms in total. The standard InChI is InChI=1S/C28H23ClN4O3/c29-22-4-8-24(9-5-22)35-14-15-36-25-10-6-23(7-11-25)33(18-20-2-1-13-30-17-20)28(34)21-3-12-26-27(16-21)32-19-31-26/h1-13,16-17,19H,14-15,18H2,(H,31,32). The maximum absolute atomic E-state index is 13.6. The quantitative estimate of drug-likeness (QED) is 0.255. The third kappa shape index (κ3) is 5.64. The summed E-state index contributed by atoms with van der Waals surface area (Å²) in [5.74, 6) is 1.29. The minimum atomic E-state index is -0.125. The fourth-order valence-corrected chi connectivity index (χ4v) is 3.88. The first kappa shape index (κ1) is 23.4. The molecule has 0 fully saturated rings. The molecular weight excluding hydrogens is 476 g/mol. The van der Waals surface area contributed by atoms with Crippen LogP contribution >= 0.6 is 11.6 Å². The van der Waals surface area contributed by atoms with E-state index in [4.69, 9.17) is 21.1 Å². The normalized spacial score (nSPS) is 10.8. The minimum absolute atomic E-state index is 0.125. The number of carbonyl (C=O) groups excluding carboxylic acids is 1. The first-order valence-electron chi connectivity index (χ1n) is 11.4. The maximum atomic E-state index is 13.6. The molecule has 2 heterocycles. The van der Waals surface area contributed by atoms with Gasteiger partial charge in [-0.25, -0.2) is 4.98 Å². The zero-order valence-corrected chi connectivity index (χ0v) is 20.1. The number of anilines is 1. The molecule has 0 bridgehead atoms. The number of aromatic amines is 1. The lowest BCUT2D eigenvalue weighted by atomic mass is 10.1. The largest absolute Gasteiger partial charge is 0.490 e. The molecule has 1 N–H and O–H groups in total. The summed E-state index contributed by atoms with van der Waals surface area (Å²) < 4.78 is 11.5. The van der Waals surface area contributed by atoms with Crippen molar-refractivity contribution in [3.63, 3.8) is 0 Å². The second-order valence-electron chi connectivity index (χ2n) is 8.03. The van der Waals surface area contributed by atoms with E-state index < -0.39 is 0 Å². The number of aromatic nitrogens is 3. The van der Waals surface area contributed by atoms with Gasteiger partial charge in [-0.2, -0.15) is 0 Å². The molecular formula is C28H23ClN4O3. The Balaban J connectivity index is 1.29. The summed E-state index contributed by atoms with van der Waals surface area (Å²) in [7, 11) is 0. The molecule has 0 saturated heterocycles. The number of hydrogen-bond acceptors (Lipinski definition) is 5. The average Bonchev–Trinajstić information content (AvgIpc) is 3.40. The van der Waals surface area contributed by atoms with Crippen molar-refractivity contribution in [3.05, 3.63) is 114 Å². The van der Waals surface area contributed by atoms with E-state index in [9.17, 15) is 4.79 Å². The number of fused-ring (bicyclic) bond motifs is 1. The van der Waals surface area contributed by atoms with Crippen molar-refractivity contribution in [1.29, 1.82) is 0 Å². The topological polar surface area (TPSA) is 80.3 Å². The van der Waals surface area contributed by atoms with Gasteiger partial charge in [-0.3, -0.25) is 9.78 Å². The van der Waals surface area contributed by atoms with Crippen LogP contribution in [0.25, 0.3) is 11.0 Å². The molecule has 0 unspecified atom stereocenters. The lowest BCUT2D eigenvalue weighted by Crippen LogP contribution is -2.30. The molecule has 36 heavy (non-hydrogen) atoms. The number of rotatable bonds is 9. The van der Waals surface area contributed by atoms with Gasteiger partial charge in [0, 0.05) is 28.7 Å². The molecule has 180 valence electrons. The van der Waals surface area contributed by atoms with Crippen LogP contribution in [0.4, 0.5) is 5.69 Å². The van der Waals surface area contributed by atoms with E-state index in [0.29, 0.717) is 36.1 Å². The zero-order chi connectivity index (χ0) is 24.7. The van der Waals surface area contributed by atoms with E-state index in [1.54, 1.807) is 41.8 Å². The Morgan fingerprint density at radius 2 is 1.64 bits per heavy atom. The molecule has 5 rings (SSSR count). The Labute approximate surface area is 213 Å². The Hall–Kier alpha value is -4.36. The summed E-state index contributed by atoms with van der Waals surface area (Å²) >= 11 is 5.89. The number of ether oxygens (including phenoxy) is 2. The van der Waals surface area contributed by atoms with Crippen molar-refractivity contribution in [2.75, 3.05) is 18.1 Å². The molecule has 0 radical (unpaired) electrons. The van der Waals surface area contributed by atoms with E-state index in [1.807, 2.05) is 60.7 Å². The number of imidazole rings is 1. The van der Waals surface area contributed by atoms with Crippen molar-refractivity contribution >= 4 is 34.2 Å². The van der Waals surface area contributed by atoms with E-state index >= 15 is 0 Å². The van der Waals surface area contributed by atoms with Crippen LogP contribution in [0.3, 0.4) is 0 Å². The smallest absolute Gasteiger partial charge is 0.258 e. The van der Waals surface area contributed by atoms with Crippen LogP contribution in [-0.4, -0.2) is 34.1 Å².